The number of benzene rings is 1. The molecule has 1 fully saturated rings. The van der Waals surface area contributed by atoms with Crippen LogP contribution in [0.3, 0.4) is 0 Å². The van der Waals surface area contributed by atoms with Gasteiger partial charge < -0.3 is 16.0 Å². The first-order valence-electron chi connectivity index (χ1n) is 8.89. The van der Waals surface area contributed by atoms with Crippen LogP contribution in [0.15, 0.2) is 29.2 Å². The van der Waals surface area contributed by atoms with E-state index in [9.17, 15) is 18.0 Å². The Bertz CT molecular complexity index is 745. The Kier molecular flexibility index (Phi) is 7.72. The summed E-state index contributed by atoms with van der Waals surface area (Å²) >= 11 is 0. The van der Waals surface area contributed by atoms with Crippen molar-refractivity contribution in [3.8, 4) is 0 Å². The van der Waals surface area contributed by atoms with Gasteiger partial charge in [-0.3, -0.25) is 14.5 Å². The number of carbonyl (C=O) groups excluding carboxylic acids is 2. The third-order valence-corrected chi connectivity index (χ3v) is 5.70. The van der Waals surface area contributed by atoms with E-state index in [4.69, 9.17) is 0 Å². The molecule has 9 nitrogen and oxygen atoms in total. The smallest absolute Gasteiger partial charge is 0.241 e. The Labute approximate surface area is 159 Å². The van der Waals surface area contributed by atoms with Gasteiger partial charge in [0.25, 0.3) is 0 Å². The Morgan fingerprint density at radius 3 is 2.41 bits per heavy atom. The van der Waals surface area contributed by atoms with Crippen molar-refractivity contribution in [1.82, 2.24) is 20.3 Å². The van der Waals surface area contributed by atoms with Gasteiger partial charge in [0.05, 0.1) is 10.9 Å². The second kappa shape index (κ2) is 9.79. The lowest BCUT2D eigenvalue weighted by atomic mass is 10.3. The van der Waals surface area contributed by atoms with Crippen molar-refractivity contribution in [2.75, 3.05) is 44.6 Å². The monoisotopic (exact) mass is 397 g/mol. The van der Waals surface area contributed by atoms with Crippen molar-refractivity contribution in [1.29, 1.82) is 0 Å². The van der Waals surface area contributed by atoms with Crippen LogP contribution >= 0.6 is 0 Å². The highest BCUT2D eigenvalue weighted by Gasteiger charge is 2.22. The summed E-state index contributed by atoms with van der Waals surface area (Å²) in [5, 5.41) is 8.59. The largest absolute Gasteiger partial charge is 0.353 e. The maximum atomic E-state index is 12.4. The van der Waals surface area contributed by atoms with Gasteiger partial charge in [0.15, 0.2) is 0 Å². The van der Waals surface area contributed by atoms with Crippen LogP contribution in [0.4, 0.5) is 5.69 Å². The summed E-state index contributed by atoms with van der Waals surface area (Å²) in [6.07, 6.45) is 0. The fourth-order valence-electron chi connectivity index (χ4n) is 2.70. The molecule has 0 aromatic heterocycles. The van der Waals surface area contributed by atoms with Crippen LogP contribution in [0.2, 0.25) is 0 Å². The van der Waals surface area contributed by atoms with Crippen molar-refractivity contribution in [3.63, 3.8) is 0 Å². The zero-order valence-electron chi connectivity index (χ0n) is 15.6. The van der Waals surface area contributed by atoms with Gasteiger partial charge in [-0.25, -0.2) is 8.42 Å². The topological polar surface area (TPSA) is 120 Å². The average molecular weight is 398 g/mol. The molecule has 1 heterocycles. The fourth-order valence-corrected chi connectivity index (χ4v) is 3.90. The molecule has 1 aromatic rings. The molecule has 0 saturated carbocycles. The number of anilines is 1. The molecular formula is C17H27N5O4S. The Hall–Kier alpha value is -2.01. The average Bonchev–Trinajstić information content (AvgIpc) is 2.62. The highest BCUT2D eigenvalue weighted by Crippen LogP contribution is 2.14. The summed E-state index contributed by atoms with van der Waals surface area (Å²) in [5.74, 6) is -0.613. The molecule has 150 valence electrons. The minimum absolute atomic E-state index is 0.0251. The van der Waals surface area contributed by atoms with Crippen molar-refractivity contribution in [2.24, 2.45) is 0 Å². The number of piperazine rings is 1. The van der Waals surface area contributed by atoms with Gasteiger partial charge in [0.1, 0.15) is 0 Å². The van der Waals surface area contributed by atoms with Gasteiger partial charge in [0, 0.05) is 51.9 Å². The molecule has 0 bridgehead atoms. The summed E-state index contributed by atoms with van der Waals surface area (Å²) < 4.78 is 27.2. The zero-order chi connectivity index (χ0) is 19.9. The Morgan fingerprint density at radius 1 is 1.19 bits per heavy atom. The third kappa shape index (κ3) is 6.90. The number of amides is 2. The van der Waals surface area contributed by atoms with E-state index in [-0.39, 0.29) is 16.7 Å². The molecule has 1 aromatic carbocycles. The Morgan fingerprint density at radius 2 is 1.81 bits per heavy atom. The summed E-state index contributed by atoms with van der Waals surface area (Å²) in [6, 6.07) is 4.85. The number of hydrogen-bond acceptors (Lipinski definition) is 6. The van der Waals surface area contributed by atoms with E-state index in [0.29, 0.717) is 12.2 Å². The minimum atomic E-state index is -3.84. The van der Waals surface area contributed by atoms with Gasteiger partial charge in [-0.05, 0) is 31.2 Å². The first-order valence-corrected chi connectivity index (χ1v) is 10.4. The third-order valence-electron chi connectivity index (χ3n) is 4.15. The van der Waals surface area contributed by atoms with Gasteiger partial charge in [-0.2, -0.15) is 4.72 Å². The number of nitrogens with one attached hydrogen (secondary N) is 4. The van der Waals surface area contributed by atoms with E-state index < -0.39 is 16.1 Å². The van der Waals surface area contributed by atoms with Crippen molar-refractivity contribution in [3.05, 3.63) is 24.3 Å². The molecule has 0 spiro atoms. The van der Waals surface area contributed by atoms with E-state index in [0.717, 1.165) is 32.7 Å². The molecule has 10 heteroatoms. The molecular weight excluding hydrogens is 370 g/mol. The maximum absolute atomic E-state index is 12.4. The highest BCUT2D eigenvalue weighted by molar-refractivity contribution is 7.89. The first kappa shape index (κ1) is 21.3. The molecule has 0 aliphatic carbocycles. The number of nitrogens with zero attached hydrogens (tertiary/aromatic N) is 1. The number of hydrogen-bond donors (Lipinski definition) is 4. The fraction of sp³-hybridized carbons (Fsp3) is 0.529. The summed E-state index contributed by atoms with van der Waals surface area (Å²) in [6.45, 7) is 7.82. The van der Waals surface area contributed by atoms with Gasteiger partial charge >= 0.3 is 0 Å². The number of rotatable bonds is 8. The Balaban J connectivity index is 1.83. The lowest BCUT2D eigenvalue weighted by molar-refractivity contribution is -0.122. The summed E-state index contributed by atoms with van der Waals surface area (Å²) in [7, 11) is -3.84. The van der Waals surface area contributed by atoms with Crippen LogP contribution in [0.5, 0.6) is 0 Å². The summed E-state index contributed by atoms with van der Waals surface area (Å²) in [4.78, 5) is 25.4. The van der Waals surface area contributed by atoms with Crippen LogP contribution in [0, 0.1) is 0 Å². The van der Waals surface area contributed by atoms with E-state index in [1.165, 1.54) is 38.1 Å². The molecule has 1 aliphatic heterocycles. The van der Waals surface area contributed by atoms with Crippen LogP contribution < -0.4 is 20.7 Å². The molecule has 0 radical (unpaired) electrons. The molecule has 27 heavy (non-hydrogen) atoms. The molecule has 1 atom stereocenters. The van der Waals surface area contributed by atoms with Crippen LogP contribution in [-0.2, 0) is 19.6 Å². The van der Waals surface area contributed by atoms with Gasteiger partial charge in [-0.1, -0.05) is 0 Å². The highest BCUT2D eigenvalue weighted by atomic mass is 32.2. The quantitative estimate of drug-likeness (QED) is 0.462. The number of sulfonamides is 1. The normalized spacial score (nSPS) is 16.5. The predicted octanol–water partition coefficient (Wildman–Crippen LogP) is -0.667. The van der Waals surface area contributed by atoms with E-state index in [1.54, 1.807) is 0 Å². The van der Waals surface area contributed by atoms with E-state index >= 15 is 0 Å². The van der Waals surface area contributed by atoms with E-state index in [2.05, 4.69) is 25.6 Å². The molecule has 2 amide bonds. The molecule has 1 unspecified atom stereocenters. The lowest BCUT2D eigenvalue weighted by Gasteiger charge is -2.27. The van der Waals surface area contributed by atoms with Gasteiger partial charge in [0.2, 0.25) is 21.8 Å². The second-order valence-electron chi connectivity index (χ2n) is 6.43. The van der Waals surface area contributed by atoms with E-state index in [1.807, 2.05) is 0 Å². The molecule has 1 saturated heterocycles. The van der Waals surface area contributed by atoms with Crippen LogP contribution in [-0.4, -0.2) is 70.4 Å². The molecule has 4 N–H and O–H groups in total. The molecule has 2 rings (SSSR count). The molecule has 1 aliphatic rings. The van der Waals surface area contributed by atoms with Gasteiger partial charge in [-0.15, -0.1) is 0 Å². The van der Waals surface area contributed by atoms with Crippen LogP contribution in [0.1, 0.15) is 13.8 Å². The SMILES string of the molecule is CC(=O)Nc1ccc(S(=O)(=O)NC(C)C(=O)NCCN2CCNCC2)cc1. The summed E-state index contributed by atoms with van der Waals surface area (Å²) in [5.41, 5.74) is 0.500. The maximum Gasteiger partial charge on any atom is 0.241 e. The predicted molar refractivity (Wildman–Crippen MR) is 103 cm³/mol. The second-order valence-corrected chi connectivity index (χ2v) is 8.15. The first-order chi connectivity index (χ1) is 12.8. The van der Waals surface area contributed by atoms with Crippen molar-refractivity contribution in [2.45, 2.75) is 24.8 Å². The van der Waals surface area contributed by atoms with Crippen molar-refractivity contribution < 1.29 is 18.0 Å². The number of carbonyl (C=O) groups is 2. The zero-order valence-corrected chi connectivity index (χ0v) is 16.4. The van der Waals surface area contributed by atoms with Crippen LogP contribution in [0.25, 0.3) is 0 Å². The lowest BCUT2D eigenvalue weighted by Crippen LogP contribution is -2.49. The standard InChI is InChI=1S/C17H27N5O4S/c1-13(17(24)19-9-12-22-10-7-18-8-11-22)21-27(25,26)16-5-3-15(4-6-16)20-14(2)23/h3-6,13,18,21H,7-12H2,1-2H3,(H,19,24)(H,20,23). The minimum Gasteiger partial charge on any atom is -0.353 e. The van der Waals surface area contributed by atoms with Crippen molar-refractivity contribution >= 4 is 27.5 Å².